The topological polar surface area (TPSA) is 74.7 Å². The normalized spacial score (nSPS) is 18.9. The molecule has 1 aromatic carbocycles. The monoisotopic (exact) mass is 281 g/mol. The third-order valence-corrected chi connectivity index (χ3v) is 4.91. The Morgan fingerprint density at radius 2 is 2.11 bits per heavy atom. The van der Waals surface area contributed by atoms with Gasteiger partial charge in [-0.1, -0.05) is 24.3 Å². The zero-order chi connectivity index (χ0) is 13.9. The predicted octanol–water partition coefficient (Wildman–Crippen LogP) is 1.32. The molecule has 0 aliphatic carbocycles. The second-order valence-electron chi connectivity index (χ2n) is 4.37. The molecule has 0 bridgehead atoms. The predicted molar refractivity (Wildman–Crippen MR) is 71.9 cm³/mol. The van der Waals surface area contributed by atoms with E-state index in [-0.39, 0.29) is 5.75 Å². The van der Waals surface area contributed by atoms with E-state index in [9.17, 15) is 13.2 Å². The molecule has 0 spiro atoms. The molecular weight excluding hydrogens is 266 g/mol. The summed E-state index contributed by atoms with van der Waals surface area (Å²) in [5, 5.41) is 8.64. The van der Waals surface area contributed by atoms with E-state index >= 15 is 0 Å². The molecule has 0 atom stereocenters. The Morgan fingerprint density at radius 3 is 2.74 bits per heavy atom. The first-order chi connectivity index (χ1) is 8.99. The molecule has 1 saturated heterocycles. The van der Waals surface area contributed by atoms with Gasteiger partial charge in [-0.25, -0.2) is 13.2 Å². The molecule has 0 saturated carbocycles. The van der Waals surface area contributed by atoms with Crippen LogP contribution in [0.2, 0.25) is 0 Å². The summed E-state index contributed by atoms with van der Waals surface area (Å²) in [6, 6.07) is 7.20. The number of aliphatic carboxylic acids is 1. The van der Waals surface area contributed by atoms with Crippen molar-refractivity contribution >= 4 is 22.1 Å². The number of nitrogens with zero attached hydrogens (tertiary/aromatic N) is 1. The van der Waals surface area contributed by atoms with Crippen LogP contribution in [0, 0.1) is 0 Å². The van der Waals surface area contributed by atoms with Crippen LogP contribution in [-0.2, 0) is 21.4 Å². The van der Waals surface area contributed by atoms with Crippen LogP contribution in [0.25, 0.3) is 6.08 Å². The van der Waals surface area contributed by atoms with Crippen molar-refractivity contribution in [2.24, 2.45) is 0 Å². The zero-order valence-electron chi connectivity index (χ0n) is 10.3. The van der Waals surface area contributed by atoms with Crippen LogP contribution < -0.4 is 0 Å². The maximum absolute atomic E-state index is 11.8. The average molecular weight is 281 g/mol. The van der Waals surface area contributed by atoms with Crippen LogP contribution in [0.4, 0.5) is 0 Å². The lowest BCUT2D eigenvalue weighted by atomic mass is 10.1. The van der Waals surface area contributed by atoms with Gasteiger partial charge in [0.1, 0.15) is 0 Å². The highest BCUT2D eigenvalue weighted by atomic mass is 32.2. The Balaban J connectivity index is 2.23. The second-order valence-corrected chi connectivity index (χ2v) is 6.46. The molecule has 6 heteroatoms. The molecule has 0 radical (unpaired) electrons. The molecular formula is C13H15NO4S. The fourth-order valence-electron chi connectivity index (χ4n) is 2.06. The standard InChI is InChI=1S/C13H15NO4S/c15-13(16)7-6-11-4-1-2-5-12(11)10-14-8-3-9-19(14,17)18/h1-2,4-7H,3,8-10H2,(H,15,16). The van der Waals surface area contributed by atoms with Gasteiger partial charge >= 0.3 is 5.97 Å². The maximum atomic E-state index is 11.8. The van der Waals surface area contributed by atoms with Crippen LogP contribution >= 0.6 is 0 Å². The van der Waals surface area contributed by atoms with E-state index in [0.29, 0.717) is 19.5 Å². The Kier molecular flexibility index (Phi) is 4.01. The van der Waals surface area contributed by atoms with Gasteiger partial charge in [0.25, 0.3) is 0 Å². The first-order valence-corrected chi connectivity index (χ1v) is 7.57. The Bertz CT molecular complexity index is 607. The highest BCUT2D eigenvalue weighted by molar-refractivity contribution is 7.89. The Labute approximate surface area is 112 Å². The van der Waals surface area contributed by atoms with E-state index in [2.05, 4.69) is 0 Å². The molecule has 2 rings (SSSR count). The van der Waals surface area contributed by atoms with Crippen molar-refractivity contribution in [2.45, 2.75) is 13.0 Å². The summed E-state index contributed by atoms with van der Waals surface area (Å²) < 4.78 is 25.0. The highest BCUT2D eigenvalue weighted by Gasteiger charge is 2.28. The summed E-state index contributed by atoms with van der Waals surface area (Å²) >= 11 is 0. The second kappa shape index (κ2) is 5.54. The maximum Gasteiger partial charge on any atom is 0.328 e. The van der Waals surface area contributed by atoms with Crippen molar-refractivity contribution in [1.82, 2.24) is 4.31 Å². The van der Waals surface area contributed by atoms with Gasteiger partial charge in [0.15, 0.2) is 0 Å². The number of benzene rings is 1. The minimum absolute atomic E-state index is 0.195. The zero-order valence-corrected chi connectivity index (χ0v) is 11.1. The number of carbonyl (C=O) groups is 1. The van der Waals surface area contributed by atoms with Crippen LogP contribution in [0.1, 0.15) is 17.5 Å². The van der Waals surface area contributed by atoms with Gasteiger partial charge in [-0.3, -0.25) is 0 Å². The van der Waals surface area contributed by atoms with Gasteiger partial charge in [0.05, 0.1) is 5.75 Å². The molecule has 1 aliphatic heterocycles. The quantitative estimate of drug-likeness (QED) is 0.845. The lowest BCUT2D eigenvalue weighted by molar-refractivity contribution is -0.131. The first kappa shape index (κ1) is 13.8. The number of hydrogen-bond donors (Lipinski definition) is 1. The van der Waals surface area contributed by atoms with Crippen LogP contribution in [0.15, 0.2) is 30.3 Å². The molecule has 1 N–H and O–H groups in total. The van der Waals surface area contributed by atoms with Crippen LogP contribution in [-0.4, -0.2) is 36.1 Å². The number of sulfonamides is 1. The van der Waals surface area contributed by atoms with E-state index < -0.39 is 16.0 Å². The van der Waals surface area contributed by atoms with Crippen molar-refractivity contribution in [3.05, 3.63) is 41.5 Å². The molecule has 1 heterocycles. The smallest absolute Gasteiger partial charge is 0.328 e. The minimum Gasteiger partial charge on any atom is -0.478 e. The van der Waals surface area contributed by atoms with Crippen molar-refractivity contribution in [3.8, 4) is 0 Å². The van der Waals surface area contributed by atoms with E-state index in [1.165, 1.54) is 10.4 Å². The molecule has 1 aliphatic rings. The van der Waals surface area contributed by atoms with Crippen LogP contribution in [0.3, 0.4) is 0 Å². The summed E-state index contributed by atoms with van der Waals surface area (Å²) in [6.07, 6.45) is 3.19. The summed E-state index contributed by atoms with van der Waals surface area (Å²) in [5.74, 6) is -0.830. The minimum atomic E-state index is -3.14. The molecule has 1 fully saturated rings. The molecule has 0 aromatic heterocycles. The fourth-order valence-corrected chi connectivity index (χ4v) is 3.56. The highest BCUT2D eigenvalue weighted by Crippen LogP contribution is 2.20. The van der Waals surface area contributed by atoms with Gasteiger partial charge in [-0.05, 0) is 23.6 Å². The van der Waals surface area contributed by atoms with E-state index in [4.69, 9.17) is 5.11 Å². The average Bonchev–Trinajstić information content (AvgIpc) is 2.68. The van der Waals surface area contributed by atoms with E-state index in [0.717, 1.165) is 17.2 Å². The van der Waals surface area contributed by atoms with E-state index in [1.807, 2.05) is 12.1 Å². The number of carboxylic acid groups (broad SMARTS) is 1. The Morgan fingerprint density at radius 1 is 1.37 bits per heavy atom. The largest absolute Gasteiger partial charge is 0.478 e. The number of hydrogen-bond acceptors (Lipinski definition) is 3. The van der Waals surface area contributed by atoms with Gasteiger partial charge in [-0.2, -0.15) is 4.31 Å². The van der Waals surface area contributed by atoms with Crippen LogP contribution in [0.5, 0.6) is 0 Å². The lowest BCUT2D eigenvalue weighted by Crippen LogP contribution is -2.25. The number of carboxylic acids is 1. The molecule has 0 unspecified atom stereocenters. The molecule has 5 nitrogen and oxygen atoms in total. The third kappa shape index (κ3) is 3.42. The molecule has 102 valence electrons. The summed E-state index contributed by atoms with van der Waals surface area (Å²) in [7, 11) is -3.14. The third-order valence-electron chi connectivity index (χ3n) is 3.01. The summed E-state index contributed by atoms with van der Waals surface area (Å²) in [6.45, 7) is 0.821. The summed E-state index contributed by atoms with van der Waals surface area (Å²) in [5.41, 5.74) is 1.54. The van der Waals surface area contributed by atoms with Crippen molar-refractivity contribution in [3.63, 3.8) is 0 Å². The first-order valence-electron chi connectivity index (χ1n) is 5.96. The van der Waals surface area contributed by atoms with Crippen molar-refractivity contribution in [2.75, 3.05) is 12.3 Å². The van der Waals surface area contributed by atoms with Crippen molar-refractivity contribution in [1.29, 1.82) is 0 Å². The fraction of sp³-hybridized carbons (Fsp3) is 0.308. The SMILES string of the molecule is O=C(O)C=Cc1ccccc1CN1CCCS1(=O)=O. The van der Waals surface area contributed by atoms with Gasteiger partial charge in [0, 0.05) is 19.2 Å². The molecule has 19 heavy (non-hydrogen) atoms. The molecule has 0 amide bonds. The van der Waals surface area contributed by atoms with Gasteiger partial charge in [0.2, 0.25) is 10.0 Å². The Hall–Kier alpha value is -1.66. The van der Waals surface area contributed by atoms with E-state index in [1.54, 1.807) is 12.1 Å². The van der Waals surface area contributed by atoms with Gasteiger partial charge < -0.3 is 5.11 Å². The lowest BCUT2D eigenvalue weighted by Gasteiger charge is -2.15. The number of rotatable bonds is 4. The van der Waals surface area contributed by atoms with Gasteiger partial charge in [-0.15, -0.1) is 0 Å². The molecule has 1 aromatic rings. The van der Waals surface area contributed by atoms with Crippen molar-refractivity contribution < 1.29 is 18.3 Å². The summed E-state index contributed by atoms with van der Waals surface area (Å²) in [4.78, 5) is 10.5.